The summed E-state index contributed by atoms with van der Waals surface area (Å²) in [5.74, 6) is 0.928. The number of nitrogens with zero attached hydrogens (tertiary/aromatic N) is 2. The third-order valence-corrected chi connectivity index (χ3v) is 7.60. The largest absolute Gasteiger partial charge is 0.494 e. The highest BCUT2D eigenvalue weighted by atomic mass is 16.6. The first-order valence-corrected chi connectivity index (χ1v) is 13.1. The van der Waals surface area contributed by atoms with Crippen LogP contribution in [0.4, 0.5) is 10.5 Å². The number of aromatic nitrogens is 1. The summed E-state index contributed by atoms with van der Waals surface area (Å²) in [5, 5.41) is 4.02. The van der Waals surface area contributed by atoms with Crippen molar-refractivity contribution in [2.75, 3.05) is 25.4 Å². The van der Waals surface area contributed by atoms with Gasteiger partial charge in [0, 0.05) is 50.3 Å². The lowest BCUT2D eigenvalue weighted by molar-refractivity contribution is -0.130. The van der Waals surface area contributed by atoms with Gasteiger partial charge in [-0.1, -0.05) is 18.2 Å². The summed E-state index contributed by atoms with van der Waals surface area (Å²) < 4.78 is 13.8. The summed E-state index contributed by atoms with van der Waals surface area (Å²) in [5.41, 5.74) is 10.8. The van der Waals surface area contributed by atoms with E-state index in [0.717, 1.165) is 46.4 Å². The van der Waals surface area contributed by atoms with Crippen LogP contribution in [0.5, 0.6) is 5.75 Å². The van der Waals surface area contributed by atoms with Gasteiger partial charge in [-0.3, -0.25) is 4.79 Å². The van der Waals surface area contributed by atoms with Crippen LogP contribution in [0.2, 0.25) is 0 Å². The number of fused-ring (bicyclic) bond motifs is 1. The van der Waals surface area contributed by atoms with Gasteiger partial charge in [0.25, 0.3) is 0 Å². The molecule has 5 rings (SSSR count). The van der Waals surface area contributed by atoms with Crippen LogP contribution in [0.15, 0.2) is 36.4 Å². The lowest BCUT2D eigenvalue weighted by atomic mass is 9.91. The first-order valence-electron chi connectivity index (χ1n) is 13.1. The van der Waals surface area contributed by atoms with Crippen molar-refractivity contribution in [2.24, 2.45) is 0 Å². The second-order valence-corrected chi connectivity index (χ2v) is 9.94. The van der Waals surface area contributed by atoms with Crippen LogP contribution in [0, 0.1) is 0 Å². The molecule has 2 heterocycles. The van der Waals surface area contributed by atoms with Crippen LogP contribution in [0.1, 0.15) is 64.1 Å². The molecule has 2 aromatic rings. The van der Waals surface area contributed by atoms with Crippen molar-refractivity contribution in [3.8, 4) is 5.75 Å². The van der Waals surface area contributed by atoms with E-state index in [2.05, 4.69) is 34.2 Å². The molecule has 0 spiro atoms. The molecule has 3 N–H and O–H groups in total. The average molecular weight is 493 g/mol. The SMILES string of the molecule is CCOc1ccc2c(N)c(C3=CCC(NC(=O)OC4CCN(C(C)=O)CC4)C=C3)n(C3CCC3)c2c1. The second-order valence-electron chi connectivity index (χ2n) is 9.94. The molecule has 3 aliphatic rings. The highest BCUT2D eigenvalue weighted by Gasteiger charge is 2.29. The third kappa shape index (κ3) is 4.81. The van der Waals surface area contributed by atoms with Crippen LogP contribution in [0.3, 0.4) is 0 Å². The molecule has 0 radical (unpaired) electrons. The lowest BCUT2D eigenvalue weighted by Crippen LogP contribution is -2.42. The summed E-state index contributed by atoms with van der Waals surface area (Å²) in [6.45, 7) is 5.45. The number of amides is 2. The highest BCUT2D eigenvalue weighted by Crippen LogP contribution is 2.44. The van der Waals surface area contributed by atoms with Gasteiger partial charge in [-0.25, -0.2) is 4.79 Å². The summed E-state index contributed by atoms with van der Waals surface area (Å²) >= 11 is 0. The molecule has 2 amide bonds. The second kappa shape index (κ2) is 10.3. The zero-order valence-corrected chi connectivity index (χ0v) is 21.2. The van der Waals surface area contributed by atoms with E-state index >= 15 is 0 Å². The number of piperidine rings is 1. The Hall–Kier alpha value is -3.42. The quantitative estimate of drug-likeness (QED) is 0.604. The summed E-state index contributed by atoms with van der Waals surface area (Å²) in [4.78, 5) is 25.8. The number of anilines is 1. The molecule has 2 aliphatic carbocycles. The maximum absolute atomic E-state index is 12.5. The summed E-state index contributed by atoms with van der Waals surface area (Å²) in [6, 6.07) is 6.45. The van der Waals surface area contributed by atoms with Crippen molar-refractivity contribution in [1.82, 2.24) is 14.8 Å². The van der Waals surface area contributed by atoms with E-state index in [1.54, 1.807) is 11.8 Å². The number of hydrogen-bond donors (Lipinski definition) is 2. The van der Waals surface area contributed by atoms with Gasteiger partial charge in [0.2, 0.25) is 5.91 Å². The maximum atomic E-state index is 12.5. The number of allylic oxidation sites excluding steroid dienone is 2. The van der Waals surface area contributed by atoms with Gasteiger partial charge in [0.15, 0.2) is 0 Å². The number of carbonyl (C=O) groups is 2. The fourth-order valence-corrected chi connectivity index (χ4v) is 5.42. The Morgan fingerprint density at radius 2 is 1.94 bits per heavy atom. The zero-order valence-electron chi connectivity index (χ0n) is 21.2. The fourth-order valence-electron chi connectivity index (χ4n) is 5.42. The number of nitrogens with one attached hydrogen (secondary N) is 1. The highest BCUT2D eigenvalue weighted by molar-refractivity contribution is 6.01. The lowest BCUT2D eigenvalue weighted by Gasteiger charge is -2.31. The van der Waals surface area contributed by atoms with Gasteiger partial charge < -0.3 is 30.0 Å². The van der Waals surface area contributed by atoms with Crippen molar-refractivity contribution >= 4 is 34.2 Å². The Bertz CT molecular complexity index is 1200. The average Bonchev–Trinajstić information content (AvgIpc) is 3.10. The molecule has 0 bridgehead atoms. The Labute approximate surface area is 212 Å². The third-order valence-electron chi connectivity index (χ3n) is 7.60. The molecule has 1 aromatic carbocycles. The number of ether oxygens (including phenoxy) is 2. The number of rotatable bonds is 6. The van der Waals surface area contributed by atoms with E-state index in [1.165, 1.54) is 6.42 Å². The van der Waals surface area contributed by atoms with Crippen molar-refractivity contribution < 1.29 is 19.1 Å². The molecule has 8 nitrogen and oxygen atoms in total. The van der Waals surface area contributed by atoms with Gasteiger partial charge in [-0.15, -0.1) is 0 Å². The van der Waals surface area contributed by atoms with Crippen molar-refractivity contribution in [3.05, 3.63) is 42.1 Å². The number of hydrogen-bond acceptors (Lipinski definition) is 5. The first-order chi connectivity index (χ1) is 17.4. The van der Waals surface area contributed by atoms with E-state index in [9.17, 15) is 9.59 Å². The number of alkyl carbamates (subject to hydrolysis) is 1. The topological polar surface area (TPSA) is 98.8 Å². The van der Waals surface area contributed by atoms with Crippen LogP contribution in [-0.2, 0) is 9.53 Å². The van der Waals surface area contributed by atoms with E-state index in [0.29, 0.717) is 45.0 Å². The fraction of sp³-hybridized carbons (Fsp3) is 0.500. The van der Waals surface area contributed by atoms with Gasteiger partial charge in [0.1, 0.15) is 11.9 Å². The molecule has 36 heavy (non-hydrogen) atoms. The Balaban J connectivity index is 1.27. The molecule has 1 atom stereocenters. The van der Waals surface area contributed by atoms with E-state index in [1.807, 2.05) is 19.1 Å². The number of carbonyl (C=O) groups excluding carboxylic acids is 2. The normalized spacial score (nSPS) is 20.7. The van der Waals surface area contributed by atoms with Gasteiger partial charge in [-0.2, -0.15) is 0 Å². The molecular weight excluding hydrogens is 456 g/mol. The van der Waals surface area contributed by atoms with Crippen LogP contribution >= 0.6 is 0 Å². The van der Waals surface area contributed by atoms with Crippen LogP contribution in [-0.4, -0.2) is 53.3 Å². The van der Waals surface area contributed by atoms with Crippen LogP contribution in [0.25, 0.3) is 16.5 Å². The predicted octanol–water partition coefficient (Wildman–Crippen LogP) is 4.80. The summed E-state index contributed by atoms with van der Waals surface area (Å²) in [6.07, 6.45) is 11.2. The monoisotopic (exact) mass is 492 g/mol. The van der Waals surface area contributed by atoms with Gasteiger partial charge in [-0.05, 0) is 50.3 Å². The molecule has 192 valence electrons. The van der Waals surface area contributed by atoms with Gasteiger partial charge in [0.05, 0.1) is 29.5 Å². The van der Waals surface area contributed by atoms with E-state index < -0.39 is 6.09 Å². The first kappa shape index (κ1) is 24.3. The Morgan fingerprint density at radius 1 is 1.17 bits per heavy atom. The molecule has 2 fully saturated rings. The van der Waals surface area contributed by atoms with Crippen molar-refractivity contribution in [1.29, 1.82) is 0 Å². The molecule has 8 heteroatoms. The minimum atomic E-state index is -0.408. The number of benzene rings is 1. The standard InChI is InChI=1S/C28H36N4O4/c1-3-35-23-11-12-24-25(17-23)32(21-5-4-6-21)27(26(24)29)19-7-9-20(10-8-19)30-28(34)36-22-13-15-31(16-14-22)18(2)33/h7-9,11-12,17,20-22H,3-6,10,13-16,29H2,1-2H3,(H,30,34). The number of nitrogen functional groups attached to an aromatic ring is 1. The van der Waals surface area contributed by atoms with Crippen molar-refractivity contribution in [3.63, 3.8) is 0 Å². The van der Waals surface area contributed by atoms with Gasteiger partial charge >= 0.3 is 6.09 Å². The molecule has 1 saturated heterocycles. The number of likely N-dealkylation sites (tertiary alicyclic amines) is 1. The molecule has 1 unspecified atom stereocenters. The van der Waals surface area contributed by atoms with E-state index in [4.69, 9.17) is 15.2 Å². The number of nitrogens with two attached hydrogens (primary N) is 1. The van der Waals surface area contributed by atoms with Crippen molar-refractivity contribution in [2.45, 2.75) is 70.6 Å². The molecule has 1 aliphatic heterocycles. The maximum Gasteiger partial charge on any atom is 0.407 e. The minimum Gasteiger partial charge on any atom is -0.494 e. The molecule has 1 aromatic heterocycles. The predicted molar refractivity (Wildman–Crippen MR) is 141 cm³/mol. The summed E-state index contributed by atoms with van der Waals surface area (Å²) in [7, 11) is 0. The van der Waals surface area contributed by atoms with Crippen LogP contribution < -0.4 is 15.8 Å². The zero-order chi connectivity index (χ0) is 25.2. The Kier molecular flexibility index (Phi) is 6.94. The molecular formula is C28H36N4O4. The smallest absolute Gasteiger partial charge is 0.407 e. The molecule has 1 saturated carbocycles. The minimum absolute atomic E-state index is 0.0690. The Morgan fingerprint density at radius 3 is 2.56 bits per heavy atom. The van der Waals surface area contributed by atoms with E-state index in [-0.39, 0.29) is 18.1 Å².